The zero-order valence-corrected chi connectivity index (χ0v) is 20.1. The minimum Gasteiger partial charge on any atom is -0.511 e. The average molecular weight is 475 g/mol. The summed E-state index contributed by atoms with van der Waals surface area (Å²) >= 11 is 0. The molecule has 178 valence electrons. The molecule has 0 fully saturated rings. The number of carbonyl (C=O) groups is 1. The molecule has 2 aliphatic rings. The number of hydrogen-bond acceptors (Lipinski definition) is 6. The molecule has 6 heteroatoms. The predicted octanol–water partition coefficient (Wildman–Crippen LogP) is 5.55. The number of carbonyl (C=O) groups excluding carboxylic acids is 1. The SMILES string of the molecule is CC1=NN=C(c2ccccc2)C1C1C(=O)C(C(C(=Nc2ccccc2)c2ccccc2)=C(C)N)=C1O. The van der Waals surface area contributed by atoms with Crippen molar-refractivity contribution in [1.82, 2.24) is 0 Å². The molecule has 0 saturated heterocycles. The molecular weight excluding hydrogens is 448 g/mol. The van der Waals surface area contributed by atoms with Crippen LogP contribution in [0.1, 0.15) is 25.0 Å². The van der Waals surface area contributed by atoms with Crippen molar-refractivity contribution in [3.63, 3.8) is 0 Å². The van der Waals surface area contributed by atoms with E-state index in [2.05, 4.69) is 10.2 Å². The molecule has 5 rings (SSSR count). The van der Waals surface area contributed by atoms with E-state index in [1.54, 1.807) is 6.92 Å². The van der Waals surface area contributed by atoms with Gasteiger partial charge >= 0.3 is 0 Å². The summed E-state index contributed by atoms with van der Waals surface area (Å²) < 4.78 is 0. The number of aliphatic imine (C=N–C) groups is 1. The van der Waals surface area contributed by atoms with E-state index < -0.39 is 11.8 Å². The van der Waals surface area contributed by atoms with Crippen LogP contribution < -0.4 is 5.73 Å². The molecule has 2 atom stereocenters. The lowest BCUT2D eigenvalue weighted by molar-refractivity contribution is -0.122. The maximum Gasteiger partial charge on any atom is 0.178 e. The Balaban J connectivity index is 1.60. The minimum absolute atomic E-state index is 0.0124. The monoisotopic (exact) mass is 474 g/mol. The number of rotatable bonds is 6. The molecular formula is C30H26N4O2. The highest BCUT2D eigenvalue weighted by Gasteiger charge is 2.50. The molecule has 3 aromatic carbocycles. The van der Waals surface area contributed by atoms with Gasteiger partial charge in [0.25, 0.3) is 0 Å². The Morgan fingerprint density at radius 2 is 1.44 bits per heavy atom. The van der Waals surface area contributed by atoms with Gasteiger partial charge in [-0.1, -0.05) is 78.9 Å². The van der Waals surface area contributed by atoms with E-state index in [1.807, 2.05) is 97.9 Å². The second kappa shape index (κ2) is 9.58. The molecule has 3 N–H and O–H groups in total. The molecule has 0 aromatic heterocycles. The van der Waals surface area contributed by atoms with Gasteiger partial charge in [-0.2, -0.15) is 10.2 Å². The Bertz CT molecular complexity index is 1460. The summed E-state index contributed by atoms with van der Waals surface area (Å²) in [4.78, 5) is 18.6. The third-order valence-electron chi connectivity index (χ3n) is 6.47. The quantitative estimate of drug-likeness (QED) is 0.458. The van der Waals surface area contributed by atoms with Gasteiger partial charge in [-0.3, -0.25) is 4.79 Å². The van der Waals surface area contributed by atoms with E-state index in [4.69, 9.17) is 10.7 Å². The van der Waals surface area contributed by atoms with Crippen molar-refractivity contribution in [2.75, 3.05) is 0 Å². The highest BCUT2D eigenvalue weighted by Crippen LogP contribution is 2.43. The second-order valence-corrected chi connectivity index (χ2v) is 8.89. The maximum atomic E-state index is 13.7. The van der Waals surface area contributed by atoms with Gasteiger partial charge in [0.2, 0.25) is 0 Å². The Kier molecular flexibility index (Phi) is 6.17. The average Bonchev–Trinajstić information content (AvgIpc) is 3.28. The second-order valence-electron chi connectivity index (χ2n) is 8.89. The van der Waals surface area contributed by atoms with Gasteiger partial charge in [0.05, 0.1) is 34.5 Å². The Labute approximate surface area is 209 Å². The maximum absolute atomic E-state index is 13.7. The number of aliphatic hydroxyl groups is 1. The molecule has 0 amide bonds. The molecule has 3 aromatic rings. The zero-order chi connectivity index (χ0) is 25.2. The van der Waals surface area contributed by atoms with Crippen LogP contribution in [-0.4, -0.2) is 28.0 Å². The summed E-state index contributed by atoms with van der Waals surface area (Å²) in [6, 6.07) is 28.6. The molecule has 0 spiro atoms. The number of ketones is 1. The fourth-order valence-corrected chi connectivity index (χ4v) is 4.74. The van der Waals surface area contributed by atoms with E-state index in [0.29, 0.717) is 28.4 Å². The number of allylic oxidation sites excluding steroid dienone is 4. The largest absolute Gasteiger partial charge is 0.511 e. The lowest BCUT2D eigenvalue weighted by atomic mass is 9.67. The van der Waals surface area contributed by atoms with E-state index in [9.17, 15) is 9.90 Å². The number of para-hydroxylation sites is 1. The first kappa shape index (κ1) is 23.2. The normalized spacial score (nSPS) is 20.5. The van der Waals surface area contributed by atoms with E-state index in [-0.39, 0.29) is 17.1 Å². The van der Waals surface area contributed by atoms with Crippen LogP contribution in [0.4, 0.5) is 5.69 Å². The Morgan fingerprint density at radius 1 is 0.861 bits per heavy atom. The van der Waals surface area contributed by atoms with Gasteiger partial charge in [0.15, 0.2) is 5.78 Å². The van der Waals surface area contributed by atoms with Crippen LogP contribution in [0.5, 0.6) is 0 Å². The molecule has 1 heterocycles. The van der Waals surface area contributed by atoms with Crippen molar-refractivity contribution in [2.24, 2.45) is 32.8 Å². The van der Waals surface area contributed by atoms with E-state index >= 15 is 0 Å². The highest BCUT2D eigenvalue weighted by molar-refractivity contribution is 6.28. The fraction of sp³-hybridized carbons (Fsp3) is 0.133. The zero-order valence-electron chi connectivity index (χ0n) is 20.1. The first-order valence-corrected chi connectivity index (χ1v) is 11.8. The van der Waals surface area contributed by atoms with Crippen LogP contribution in [0.3, 0.4) is 0 Å². The van der Waals surface area contributed by atoms with Crippen LogP contribution in [-0.2, 0) is 4.79 Å². The van der Waals surface area contributed by atoms with Crippen LogP contribution >= 0.6 is 0 Å². The minimum atomic E-state index is -0.770. The Hall–Kier alpha value is -4.58. The number of Topliss-reactive ketones (excluding diaryl/α,β-unsaturated/α-hetero) is 1. The summed E-state index contributed by atoms with van der Waals surface area (Å²) in [5.41, 5.74) is 11.7. The first-order valence-electron chi connectivity index (χ1n) is 11.8. The molecule has 1 aliphatic carbocycles. The van der Waals surface area contributed by atoms with Crippen molar-refractivity contribution in [2.45, 2.75) is 13.8 Å². The number of nitrogens with two attached hydrogens (primary N) is 1. The number of benzene rings is 3. The van der Waals surface area contributed by atoms with Crippen molar-refractivity contribution in [1.29, 1.82) is 0 Å². The summed E-state index contributed by atoms with van der Waals surface area (Å²) in [6.07, 6.45) is 0. The molecule has 0 saturated carbocycles. The molecule has 1 aliphatic heterocycles. The lowest BCUT2D eigenvalue weighted by Crippen LogP contribution is -2.44. The van der Waals surface area contributed by atoms with E-state index in [0.717, 1.165) is 16.8 Å². The van der Waals surface area contributed by atoms with Gasteiger partial charge in [0, 0.05) is 22.5 Å². The molecule has 2 unspecified atom stereocenters. The molecule has 0 radical (unpaired) electrons. The summed E-state index contributed by atoms with van der Waals surface area (Å²) in [5, 5.41) is 20.0. The number of nitrogens with zero attached hydrogens (tertiary/aromatic N) is 3. The molecule has 0 bridgehead atoms. The first-order chi connectivity index (χ1) is 17.5. The lowest BCUT2D eigenvalue weighted by Gasteiger charge is -2.34. The van der Waals surface area contributed by atoms with Crippen LogP contribution in [0.25, 0.3) is 0 Å². The topological polar surface area (TPSA) is 100 Å². The molecule has 36 heavy (non-hydrogen) atoms. The third kappa shape index (κ3) is 4.07. The van der Waals surface area contributed by atoms with Crippen molar-refractivity contribution in [3.8, 4) is 0 Å². The third-order valence-corrected chi connectivity index (χ3v) is 6.47. The van der Waals surface area contributed by atoms with Crippen LogP contribution in [0, 0.1) is 11.8 Å². The van der Waals surface area contributed by atoms with Crippen molar-refractivity contribution < 1.29 is 9.90 Å². The standard InChI is InChI=1S/C30H26N4O2/c1-18(31)23(27(20-12-6-3-7-13-20)32-22-16-10-5-11-17-22)25-29(35)26(30(25)36)24-19(2)33-34-28(24)21-14-8-4-9-15-21/h3-17,24,26,35H,31H2,1-2H3. The van der Waals surface area contributed by atoms with Gasteiger partial charge < -0.3 is 10.8 Å². The van der Waals surface area contributed by atoms with Crippen molar-refractivity contribution >= 4 is 28.6 Å². The Morgan fingerprint density at radius 3 is 2.03 bits per heavy atom. The van der Waals surface area contributed by atoms with E-state index in [1.165, 1.54) is 0 Å². The van der Waals surface area contributed by atoms with Gasteiger partial charge in [-0.05, 0) is 31.5 Å². The van der Waals surface area contributed by atoms with Crippen LogP contribution in [0.15, 0.2) is 129 Å². The van der Waals surface area contributed by atoms with Gasteiger partial charge in [0.1, 0.15) is 5.76 Å². The molecule has 6 nitrogen and oxygen atoms in total. The van der Waals surface area contributed by atoms with Crippen LogP contribution in [0.2, 0.25) is 0 Å². The van der Waals surface area contributed by atoms with Crippen molar-refractivity contribution in [3.05, 3.63) is 125 Å². The summed E-state index contributed by atoms with van der Waals surface area (Å²) in [6.45, 7) is 3.55. The fourth-order valence-electron chi connectivity index (χ4n) is 4.74. The highest BCUT2D eigenvalue weighted by atomic mass is 16.3. The summed E-state index contributed by atoms with van der Waals surface area (Å²) in [7, 11) is 0. The number of aliphatic hydroxyl groups excluding tert-OH is 1. The number of hydrogen-bond donors (Lipinski definition) is 2. The predicted molar refractivity (Wildman–Crippen MR) is 144 cm³/mol. The smallest absolute Gasteiger partial charge is 0.178 e. The summed E-state index contributed by atoms with van der Waals surface area (Å²) in [5.74, 6) is -1.42. The van der Waals surface area contributed by atoms with Gasteiger partial charge in [-0.15, -0.1) is 0 Å². The van der Waals surface area contributed by atoms with Gasteiger partial charge in [-0.25, -0.2) is 4.99 Å².